The molecular weight excluding hydrogens is 406 g/mol. The first kappa shape index (κ1) is 22.3. The molecule has 0 heterocycles. The zero-order valence-corrected chi connectivity index (χ0v) is 16.5. The maximum atomic E-state index is 13.7. The molecule has 10 heteroatoms. The molecule has 0 bridgehead atoms. The monoisotopic (exact) mass is 426 g/mol. The zero-order chi connectivity index (χ0) is 21.8. The molecule has 0 aliphatic heterocycles. The molecule has 0 spiro atoms. The number of amides is 1. The lowest BCUT2D eigenvalue weighted by Gasteiger charge is -2.15. The van der Waals surface area contributed by atoms with Crippen molar-refractivity contribution in [1.82, 2.24) is 5.32 Å². The summed E-state index contributed by atoms with van der Waals surface area (Å²) in [5.41, 5.74) is -1.39. The van der Waals surface area contributed by atoms with E-state index in [9.17, 15) is 26.8 Å². The van der Waals surface area contributed by atoms with Crippen molar-refractivity contribution in [2.75, 3.05) is 4.72 Å². The Morgan fingerprint density at radius 1 is 1.03 bits per heavy atom. The van der Waals surface area contributed by atoms with Gasteiger partial charge in [0.05, 0.1) is 10.6 Å². The second-order valence-corrected chi connectivity index (χ2v) is 7.92. The van der Waals surface area contributed by atoms with Crippen molar-refractivity contribution < 1.29 is 31.9 Å². The average molecular weight is 426 g/mol. The Labute approximate surface area is 166 Å². The molecule has 0 atom stereocenters. The summed E-state index contributed by atoms with van der Waals surface area (Å²) in [5, 5.41) is 11.6. The van der Waals surface area contributed by atoms with E-state index < -0.39 is 38.9 Å². The number of aromatic carboxylic acids is 1. The molecule has 2 rings (SSSR count). The van der Waals surface area contributed by atoms with Crippen molar-refractivity contribution in [3.63, 3.8) is 0 Å². The summed E-state index contributed by atoms with van der Waals surface area (Å²) < 4.78 is 54.3. The van der Waals surface area contributed by atoms with Crippen LogP contribution in [0.5, 0.6) is 0 Å². The standard InChI is InChI=1S/C19H20F2N2O5S/c1-3-12(4-2)22-18(24)11-5-7-14(8-6-11)29(27,28)23-13-9-15(20)17(19(25)26)16(21)10-13/h5-10,12,23H,3-4H2,1-2H3,(H,22,24)(H,25,26). The van der Waals surface area contributed by atoms with Gasteiger partial charge in [0.25, 0.3) is 15.9 Å². The summed E-state index contributed by atoms with van der Waals surface area (Å²) in [5.74, 6) is -4.98. The second kappa shape index (κ2) is 8.99. The smallest absolute Gasteiger partial charge is 0.341 e. The van der Waals surface area contributed by atoms with Gasteiger partial charge in [-0.05, 0) is 49.2 Å². The van der Waals surface area contributed by atoms with Crippen LogP contribution in [0.1, 0.15) is 47.4 Å². The van der Waals surface area contributed by atoms with Gasteiger partial charge in [-0.2, -0.15) is 0 Å². The fourth-order valence-corrected chi connectivity index (χ4v) is 3.64. The van der Waals surface area contributed by atoms with Gasteiger partial charge in [-0.15, -0.1) is 0 Å². The lowest BCUT2D eigenvalue weighted by molar-refractivity contribution is 0.0686. The fourth-order valence-electron chi connectivity index (χ4n) is 2.60. The van der Waals surface area contributed by atoms with Crippen LogP contribution < -0.4 is 10.0 Å². The van der Waals surface area contributed by atoms with E-state index in [2.05, 4.69) is 5.32 Å². The molecule has 0 radical (unpaired) electrons. The molecule has 0 aliphatic carbocycles. The highest BCUT2D eigenvalue weighted by molar-refractivity contribution is 7.92. The quantitative estimate of drug-likeness (QED) is 0.599. The highest BCUT2D eigenvalue weighted by atomic mass is 32.2. The summed E-state index contributed by atoms with van der Waals surface area (Å²) >= 11 is 0. The molecule has 2 aromatic carbocycles. The molecule has 0 fully saturated rings. The number of hydrogen-bond donors (Lipinski definition) is 3. The van der Waals surface area contributed by atoms with Crippen LogP contribution in [-0.2, 0) is 10.0 Å². The topological polar surface area (TPSA) is 113 Å². The van der Waals surface area contributed by atoms with Crippen molar-refractivity contribution >= 4 is 27.6 Å². The number of rotatable bonds is 8. The number of hydrogen-bond acceptors (Lipinski definition) is 4. The first-order chi connectivity index (χ1) is 13.6. The van der Waals surface area contributed by atoms with Gasteiger partial charge in [-0.1, -0.05) is 13.8 Å². The van der Waals surface area contributed by atoms with E-state index >= 15 is 0 Å². The van der Waals surface area contributed by atoms with Crippen molar-refractivity contribution in [2.24, 2.45) is 0 Å². The van der Waals surface area contributed by atoms with Gasteiger partial charge >= 0.3 is 5.97 Å². The SMILES string of the molecule is CCC(CC)NC(=O)c1ccc(S(=O)(=O)Nc2cc(F)c(C(=O)O)c(F)c2)cc1. The summed E-state index contributed by atoms with van der Waals surface area (Å²) in [7, 11) is -4.22. The number of halogens is 2. The largest absolute Gasteiger partial charge is 0.477 e. The third kappa shape index (κ3) is 5.29. The molecule has 7 nitrogen and oxygen atoms in total. The van der Waals surface area contributed by atoms with E-state index in [4.69, 9.17) is 5.11 Å². The van der Waals surface area contributed by atoms with Crippen LogP contribution in [0.3, 0.4) is 0 Å². The van der Waals surface area contributed by atoms with Crippen LogP contribution in [0, 0.1) is 11.6 Å². The van der Waals surface area contributed by atoms with Crippen molar-refractivity contribution in [3.05, 3.63) is 59.2 Å². The van der Waals surface area contributed by atoms with Crippen LogP contribution in [0.15, 0.2) is 41.3 Å². The van der Waals surface area contributed by atoms with E-state index in [1.807, 2.05) is 18.6 Å². The van der Waals surface area contributed by atoms with E-state index in [0.29, 0.717) is 12.1 Å². The molecule has 156 valence electrons. The minimum atomic E-state index is -4.22. The lowest BCUT2D eigenvalue weighted by Crippen LogP contribution is -2.33. The van der Waals surface area contributed by atoms with Gasteiger partial charge in [0.2, 0.25) is 0 Å². The Balaban J connectivity index is 2.22. The summed E-state index contributed by atoms with van der Waals surface area (Å²) in [6.07, 6.45) is 1.51. The number of anilines is 1. The highest BCUT2D eigenvalue weighted by Gasteiger charge is 2.21. The summed E-state index contributed by atoms with van der Waals surface area (Å²) in [6.45, 7) is 3.87. The van der Waals surface area contributed by atoms with E-state index in [0.717, 1.165) is 12.8 Å². The molecular formula is C19H20F2N2O5S. The van der Waals surface area contributed by atoms with Crippen molar-refractivity contribution in [3.8, 4) is 0 Å². The molecule has 0 unspecified atom stereocenters. The van der Waals surface area contributed by atoms with Crippen LogP contribution in [0.25, 0.3) is 0 Å². The molecule has 0 saturated heterocycles. The second-order valence-electron chi connectivity index (χ2n) is 6.24. The molecule has 1 amide bonds. The van der Waals surface area contributed by atoms with E-state index in [1.54, 1.807) is 0 Å². The van der Waals surface area contributed by atoms with Crippen LogP contribution in [0.2, 0.25) is 0 Å². The maximum Gasteiger partial charge on any atom is 0.341 e. The fraction of sp³-hybridized carbons (Fsp3) is 0.263. The molecule has 0 saturated carbocycles. The Kier molecular flexibility index (Phi) is 6.91. The number of carboxylic acids is 1. The zero-order valence-electron chi connectivity index (χ0n) is 15.7. The Hall–Kier alpha value is -3.01. The van der Waals surface area contributed by atoms with Gasteiger partial charge in [-0.25, -0.2) is 22.0 Å². The predicted octanol–water partition coefficient (Wildman–Crippen LogP) is 3.38. The summed E-state index contributed by atoms with van der Waals surface area (Å²) in [4.78, 5) is 22.7. The number of nitrogens with one attached hydrogen (secondary N) is 2. The highest BCUT2D eigenvalue weighted by Crippen LogP contribution is 2.22. The Bertz CT molecular complexity index is 996. The first-order valence-electron chi connectivity index (χ1n) is 8.75. The molecule has 3 N–H and O–H groups in total. The maximum absolute atomic E-state index is 13.7. The number of sulfonamides is 1. The number of carbonyl (C=O) groups excluding carboxylic acids is 1. The van der Waals surface area contributed by atoms with Crippen LogP contribution in [0.4, 0.5) is 14.5 Å². The first-order valence-corrected chi connectivity index (χ1v) is 10.2. The van der Waals surface area contributed by atoms with Gasteiger partial charge < -0.3 is 10.4 Å². The van der Waals surface area contributed by atoms with Crippen LogP contribution in [-0.4, -0.2) is 31.4 Å². The van der Waals surface area contributed by atoms with E-state index in [-0.39, 0.29) is 22.4 Å². The minimum absolute atomic E-state index is 0.00569. The van der Waals surface area contributed by atoms with Crippen molar-refractivity contribution in [2.45, 2.75) is 37.6 Å². The average Bonchev–Trinajstić information content (AvgIpc) is 2.64. The lowest BCUT2D eigenvalue weighted by atomic mass is 10.1. The summed E-state index contributed by atoms with van der Waals surface area (Å²) in [6, 6.07) is 6.15. The van der Waals surface area contributed by atoms with Crippen LogP contribution >= 0.6 is 0 Å². The number of carboxylic acid groups (broad SMARTS) is 1. The molecule has 2 aromatic rings. The van der Waals surface area contributed by atoms with Crippen molar-refractivity contribution in [1.29, 1.82) is 0 Å². The molecule has 29 heavy (non-hydrogen) atoms. The van der Waals surface area contributed by atoms with Gasteiger partial charge in [0.15, 0.2) is 0 Å². The minimum Gasteiger partial charge on any atom is -0.477 e. The molecule has 0 aromatic heterocycles. The molecule has 0 aliphatic rings. The van der Waals surface area contributed by atoms with E-state index in [1.165, 1.54) is 24.3 Å². The number of carbonyl (C=O) groups is 2. The third-order valence-electron chi connectivity index (χ3n) is 4.26. The Morgan fingerprint density at radius 2 is 1.55 bits per heavy atom. The number of benzene rings is 2. The van der Waals surface area contributed by atoms with Gasteiger partial charge in [0.1, 0.15) is 17.2 Å². The normalized spacial score (nSPS) is 11.3. The van der Waals surface area contributed by atoms with Gasteiger partial charge in [0, 0.05) is 11.6 Å². The Morgan fingerprint density at radius 3 is 2.00 bits per heavy atom. The van der Waals surface area contributed by atoms with Gasteiger partial charge in [-0.3, -0.25) is 9.52 Å². The predicted molar refractivity (Wildman–Crippen MR) is 102 cm³/mol. The third-order valence-corrected chi connectivity index (χ3v) is 5.65.